The molecule has 4 nitrogen and oxygen atoms in total. The summed E-state index contributed by atoms with van der Waals surface area (Å²) in [6, 6.07) is -0.645. The third-order valence-corrected chi connectivity index (χ3v) is 15.6. The van der Waals surface area contributed by atoms with Crippen molar-refractivity contribution < 1.29 is 15.0 Å². The number of carbonyl (C=O) groups is 1. The zero-order chi connectivity index (χ0) is 52.0. The first kappa shape index (κ1) is 70.6. The molecule has 0 spiro atoms. The van der Waals surface area contributed by atoms with E-state index < -0.39 is 12.1 Å². The van der Waals surface area contributed by atoms with Crippen LogP contribution in [0.25, 0.3) is 0 Å². The molecule has 1 amide bonds. The Bertz CT molecular complexity index is 1100. The largest absolute Gasteiger partial charge is 0.394 e. The molecule has 426 valence electrons. The number of aliphatic hydroxyl groups excluding tert-OH is 2. The van der Waals surface area contributed by atoms with Crippen LogP contribution in [0.4, 0.5) is 0 Å². The first-order chi connectivity index (χ1) is 35.7. The van der Waals surface area contributed by atoms with Crippen molar-refractivity contribution in [2.24, 2.45) is 0 Å². The van der Waals surface area contributed by atoms with Crippen LogP contribution in [0.15, 0.2) is 36.5 Å². The Kier molecular flexibility index (Phi) is 62.7. The molecule has 0 aliphatic rings. The van der Waals surface area contributed by atoms with E-state index in [0.29, 0.717) is 6.42 Å². The van der Waals surface area contributed by atoms with Gasteiger partial charge in [0.2, 0.25) is 5.91 Å². The third-order valence-electron chi connectivity index (χ3n) is 15.6. The van der Waals surface area contributed by atoms with Gasteiger partial charge in [0.1, 0.15) is 0 Å². The lowest BCUT2D eigenvalue weighted by atomic mass is 10.0. The van der Waals surface area contributed by atoms with Crippen molar-refractivity contribution in [1.82, 2.24) is 5.32 Å². The predicted molar refractivity (Wildman–Crippen MR) is 322 cm³/mol. The molecular formula is C68H131NO3. The van der Waals surface area contributed by atoms with Gasteiger partial charge >= 0.3 is 0 Å². The molecule has 3 N–H and O–H groups in total. The van der Waals surface area contributed by atoms with E-state index in [1.807, 2.05) is 6.08 Å². The lowest BCUT2D eigenvalue weighted by Crippen LogP contribution is -2.45. The molecule has 72 heavy (non-hydrogen) atoms. The summed E-state index contributed by atoms with van der Waals surface area (Å²) in [6.07, 6.45) is 88.0. The Morgan fingerprint density at radius 1 is 0.319 bits per heavy atom. The van der Waals surface area contributed by atoms with Crippen molar-refractivity contribution in [3.05, 3.63) is 36.5 Å². The van der Waals surface area contributed by atoms with E-state index in [0.717, 1.165) is 38.5 Å². The van der Waals surface area contributed by atoms with Crippen LogP contribution in [0.3, 0.4) is 0 Å². The summed E-state index contributed by atoms with van der Waals surface area (Å²) in [5, 5.41) is 23.2. The van der Waals surface area contributed by atoms with Gasteiger partial charge in [0.05, 0.1) is 18.8 Å². The topological polar surface area (TPSA) is 69.6 Å². The summed E-state index contributed by atoms with van der Waals surface area (Å²) in [4.78, 5) is 12.5. The number of aliphatic hydroxyl groups is 2. The Balaban J connectivity index is 3.47. The molecule has 0 rings (SSSR count). The van der Waals surface area contributed by atoms with Crippen molar-refractivity contribution in [2.45, 2.75) is 386 Å². The van der Waals surface area contributed by atoms with Crippen LogP contribution in [0.1, 0.15) is 373 Å². The standard InChI is InChI=1S/C68H131NO3/c1-3-5-7-9-11-13-15-17-19-21-23-25-27-29-31-33-34-35-36-38-40-42-44-46-48-50-52-54-56-58-60-62-64-68(72)69-66(65-70)67(71)63-61-59-57-55-53-51-49-47-45-43-41-39-37-32-30-28-26-24-22-20-18-16-14-12-10-8-6-4-2/h45,47,53,55,61,63,66-67,70-71H,3-44,46,48-52,54,56-60,62,64-65H2,1-2H3,(H,69,72)/b47-45+,55-53+,63-61+. The number of allylic oxidation sites excluding steroid dienone is 5. The number of unbranched alkanes of at least 4 members (excludes halogenated alkanes) is 51. The van der Waals surface area contributed by atoms with Gasteiger partial charge in [-0.3, -0.25) is 4.79 Å². The Labute approximate surface area is 452 Å². The fraction of sp³-hybridized carbons (Fsp3) is 0.897. The van der Waals surface area contributed by atoms with Crippen LogP contribution >= 0.6 is 0 Å². The number of hydrogen-bond donors (Lipinski definition) is 3. The molecule has 0 saturated heterocycles. The number of hydrogen-bond acceptors (Lipinski definition) is 3. The maximum atomic E-state index is 12.5. The molecule has 0 aromatic heterocycles. The van der Waals surface area contributed by atoms with E-state index in [4.69, 9.17) is 0 Å². The molecule has 0 heterocycles. The second kappa shape index (κ2) is 63.9. The number of rotatable bonds is 62. The predicted octanol–water partition coefficient (Wildman–Crippen LogP) is 22.4. The van der Waals surface area contributed by atoms with Crippen LogP contribution in [-0.4, -0.2) is 34.9 Å². The van der Waals surface area contributed by atoms with Gasteiger partial charge in [-0.1, -0.05) is 359 Å². The lowest BCUT2D eigenvalue weighted by Gasteiger charge is -2.19. The minimum absolute atomic E-state index is 0.0699. The number of amides is 1. The van der Waals surface area contributed by atoms with Crippen LogP contribution in [0, 0.1) is 0 Å². The minimum Gasteiger partial charge on any atom is -0.394 e. The first-order valence-electron chi connectivity index (χ1n) is 33.2. The number of nitrogens with one attached hydrogen (secondary N) is 1. The summed E-state index contributed by atoms with van der Waals surface area (Å²) in [5.41, 5.74) is 0. The molecule has 0 fully saturated rings. The van der Waals surface area contributed by atoms with Crippen molar-refractivity contribution >= 4 is 5.91 Å². The van der Waals surface area contributed by atoms with Gasteiger partial charge in [-0.05, 0) is 44.9 Å². The van der Waals surface area contributed by atoms with Crippen molar-refractivity contribution in [3.63, 3.8) is 0 Å². The molecule has 0 aliphatic carbocycles. The highest BCUT2D eigenvalue weighted by molar-refractivity contribution is 5.76. The lowest BCUT2D eigenvalue weighted by molar-refractivity contribution is -0.123. The van der Waals surface area contributed by atoms with Gasteiger partial charge in [-0.15, -0.1) is 0 Å². The zero-order valence-electron chi connectivity index (χ0n) is 49.2. The third kappa shape index (κ3) is 59.5. The van der Waals surface area contributed by atoms with Crippen molar-refractivity contribution in [1.29, 1.82) is 0 Å². The zero-order valence-corrected chi connectivity index (χ0v) is 49.2. The summed E-state index contributed by atoms with van der Waals surface area (Å²) >= 11 is 0. The van der Waals surface area contributed by atoms with E-state index >= 15 is 0 Å². The quantitative estimate of drug-likeness (QED) is 0.0420. The average Bonchev–Trinajstić information content (AvgIpc) is 3.39. The summed E-state index contributed by atoms with van der Waals surface area (Å²) in [6.45, 7) is 4.34. The van der Waals surface area contributed by atoms with Gasteiger partial charge < -0.3 is 15.5 Å². The Morgan fingerprint density at radius 3 is 0.806 bits per heavy atom. The molecule has 0 saturated carbocycles. The highest BCUT2D eigenvalue weighted by atomic mass is 16.3. The molecule has 0 aliphatic heterocycles. The van der Waals surface area contributed by atoms with Crippen LogP contribution in [-0.2, 0) is 4.79 Å². The van der Waals surface area contributed by atoms with Crippen LogP contribution in [0.5, 0.6) is 0 Å². The monoisotopic (exact) mass is 1010 g/mol. The maximum absolute atomic E-state index is 12.5. The molecule has 0 bridgehead atoms. The van der Waals surface area contributed by atoms with Crippen molar-refractivity contribution in [2.75, 3.05) is 6.61 Å². The Morgan fingerprint density at radius 2 is 0.542 bits per heavy atom. The Hall–Kier alpha value is -1.39. The van der Waals surface area contributed by atoms with Gasteiger partial charge in [0, 0.05) is 6.42 Å². The normalized spacial score (nSPS) is 12.9. The van der Waals surface area contributed by atoms with Crippen molar-refractivity contribution in [3.8, 4) is 0 Å². The van der Waals surface area contributed by atoms with E-state index in [1.165, 1.54) is 315 Å². The minimum atomic E-state index is -0.870. The second-order valence-electron chi connectivity index (χ2n) is 22.9. The fourth-order valence-electron chi connectivity index (χ4n) is 10.6. The van der Waals surface area contributed by atoms with Gasteiger partial charge in [-0.2, -0.15) is 0 Å². The van der Waals surface area contributed by atoms with Gasteiger partial charge in [0.25, 0.3) is 0 Å². The molecule has 0 aromatic rings. The molecule has 2 atom stereocenters. The van der Waals surface area contributed by atoms with Gasteiger partial charge in [0.15, 0.2) is 0 Å². The summed E-state index contributed by atoms with van der Waals surface area (Å²) in [7, 11) is 0. The highest BCUT2D eigenvalue weighted by Gasteiger charge is 2.18. The molecular weight excluding hydrogens is 879 g/mol. The van der Waals surface area contributed by atoms with E-state index in [2.05, 4.69) is 43.5 Å². The van der Waals surface area contributed by atoms with E-state index in [-0.39, 0.29) is 12.5 Å². The number of carbonyl (C=O) groups excluding carboxylic acids is 1. The summed E-state index contributed by atoms with van der Waals surface area (Å²) < 4.78 is 0. The SMILES string of the molecule is CCCCCCCCCCCCCCCCCCCC/C=C/CC/C=C/CC/C=C/C(O)C(CO)NC(=O)CCCCCCCCCCCCCCCCCCCCCCCCCCCCCCCCCC. The smallest absolute Gasteiger partial charge is 0.220 e. The first-order valence-corrected chi connectivity index (χ1v) is 33.2. The average molecular weight is 1010 g/mol. The molecule has 0 radical (unpaired) electrons. The van der Waals surface area contributed by atoms with Gasteiger partial charge in [-0.25, -0.2) is 0 Å². The molecule has 2 unspecified atom stereocenters. The second-order valence-corrected chi connectivity index (χ2v) is 22.9. The fourth-order valence-corrected chi connectivity index (χ4v) is 10.6. The van der Waals surface area contributed by atoms with Crippen LogP contribution in [0.2, 0.25) is 0 Å². The van der Waals surface area contributed by atoms with E-state index in [9.17, 15) is 15.0 Å². The molecule has 0 aromatic carbocycles. The van der Waals surface area contributed by atoms with Crippen LogP contribution < -0.4 is 5.32 Å². The maximum Gasteiger partial charge on any atom is 0.220 e. The molecule has 4 heteroatoms. The van der Waals surface area contributed by atoms with E-state index in [1.54, 1.807) is 6.08 Å². The summed E-state index contributed by atoms with van der Waals surface area (Å²) in [5.74, 6) is -0.0699. The highest BCUT2D eigenvalue weighted by Crippen LogP contribution is 2.19.